The number of rotatable bonds is 6. The lowest BCUT2D eigenvalue weighted by Crippen LogP contribution is -2.11. The first kappa shape index (κ1) is 32.0. The Hall–Kier alpha value is -7.42. The van der Waals surface area contributed by atoms with Crippen molar-refractivity contribution in [2.75, 3.05) is 4.90 Å². The lowest BCUT2D eigenvalue weighted by molar-refractivity contribution is 1.18. The fourth-order valence-electron chi connectivity index (χ4n) is 8.72. The van der Waals surface area contributed by atoms with Crippen LogP contribution in [0, 0.1) is 0 Å². The van der Waals surface area contributed by atoms with Crippen LogP contribution in [0.1, 0.15) is 0 Å². The summed E-state index contributed by atoms with van der Waals surface area (Å²) in [5.41, 5.74) is 11.7. The van der Waals surface area contributed by atoms with Crippen LogP contribution in [0.3, 0.4) is 0 Å². The third-order valence-corrected chi connectivity index (χ3v) is 11.4. The van der Waals surface area contributed by atoms with Gasteiger partial charge in [0.25, 0.3) is 0 Å². The van der Waals surface area contributed by atoms with Gasteiger partial charge in [-0.3, -0.25) is 0 Å². The maximum Gasteiger partial charge on any atom is 0.0541 e. The van der Waals surface area contributed by atoms with Crippen molar-refractivity contribution in [1.29, 1.82) is 0 Å². The van der Waals surface area contributed by atoms with E-state index in [2.05, 4.69) is 228 Å². The molecule has 11 rings (SSSR count). The van der Waals surface area contributed by atoms with Crippen LogP contribution in [0.5, 0.6) is 0 Å². The third-order valence-electron chi connectivity index (χ3n) is 11.4. The van der Waals surface area contributed by atoms with E-state index in [9.17, 15) is 0 Å². The van der Waals surface area contributed by atoms with E-state index in [1.165, 1.54) is 76.4 Å². The maximum atomic E-state index is 2.40. The molecule has 0 amide bonds. The number of hydrogen-bond acceptors (Lipinski definition) is 1. The molecule has 1 heterocycles. The number of aromatic nitrogens is 1. The number of benzene rings is 10. The highest BCUT2D eigenvalue weighted by molar-refractivity contribution is 6.17. The number of fused-ring (bicyclic) bond motifs is 8. The zero-order valence-corrected chi connectivity index (χ0v) is 30.7. The molecule has 0 spiro atoms. The topological polar surface area (TPSA) is 8.17 Å². The summed E-state index contributed by atoms with van der Waals surface area (Å²) in [6.07, 6.45) is 0. The zero-order chi connectivity index (χ0) is 37.0. The van der Waals surface area contributed by atoms with E-state index in [1.807, 2.05) is 0 Å². The first-order chi connectivity index (χ1) is 27.8. The van der Waals surface area contributed by atoms with Gasteiger partial charge < -0.3 is 9.47 Å². The van der Waals surface area contributed by atoms with Gasteiger partial charge >= 0.3 is 0 Å². The van der Waals surface area contributed by atoms with Crippen LogP contribution in [0.4, 0.5) is 17.1 Å². The molecule has 2 nitrogen and oxygen atoms in total. The number of hydrogen-bond donors (Lipinski definition) is 0. The molecule has 262 valence electrons. The molecular weight excluding hydrogens is 677 g/mol. The molecule has 0 unspecified atom stereocenters. The van der Waals surface area contributed by atoms with Gasteiger partial charge in [0.05, 0.1) is 16.7 Å². The molecule has 11 aromatic rings. The molecule has 0 fully saturated rings. The Bertz CT molecular complexity index is 3180. The molecule has 1 aromatic heterocycles. The summed E-state index contributed by atoms with van der Waals surface area (Å²) in [6.45, 7) is 0. The summed E-state index contributed by atoms with van der Waals surface area (Å²) in [7, 11) is 0. The molecule has 0 saturated heterocycles. The third kappa shape index (κ3) is 5.26. The normalized spacial score (nSPS) is 11.6. The smallest absolute Gasteiger partial charge is 0.0541 e. The molecule has 0 N–H and O–H groups in total. The highest BCUT2D eigenvalue weighted by Gasteiger charge is 2.19. The standard InChI is InChI=1S/C54H36N2/c1-2-12-39(13-3-1)47-16-6-9-19-52(47)55(44-32-35-46-41(36-44)27-34-48-45-15-5-4-14-40(45)26-33-49(46)48)42-28-22-37(23-29-42)38-24-30-43(31-25-38)56-53-20-10-7-17-50(53)51-18-8-11-21-54(51)56/h1-36H. The van der Waals surface area contributed by atoms with E-state index in [1.54, 1.807) is 0 Å². The van der Waals surface area contributed by atoms with Crippen LogP contribution in [0.2, 0.25) is 0 Å². The van der Waals surface area contributed by atoms with Crippen molar-refractivity contribution in [3.8, 4) is 27.9 Å². The van der Waals surface area contributed by atoms with Gasteiger partial charge in [-0.25, -0.2) is 0 Å². The zero-order valence-electron chi connectivity index (χ0n) is 30.7. The molecule has 0 atom stereocenters. The average Bonchev–Trinajstić information content (AvgIpc) is 3.61. The van der Waals surface area contributed by atoms with Crippen molar-refractivity contribution < 1.29 is 0 Å². The van der Waals surface area contributed by atoms with Gasteiger partial charge in [-0.05, 0) is 104 Å². The second kappa shape index (κ2) is 13.2. The van der Waals surface area contributed by atoms with Gasteiger partial charge in [0, 0.05) is 33.4 Å². The van der Waals surface area contributed by atoms with Gasteiger partial charge in [-0.1, -0.05) is 164 Å². The second-order valence-corrected chi connectivity index (χ2v) is 14.5. The molecule has 0 aliphatic heterocycles. The molecule has 0 saturated carbocycles. The van der Waals surface area contributed by atoms with Gasteiger partial charge in [0.15, 0.2) is 0 Å². The van der Waals surface area contributed by atoms with E-state index in [0.29, 0.717) is 0 Å². The Balaban J connectivity index is 1.01. The Morgan fingerprint density at radius 2 is 0.821 bits per heavy atom. The van der Waals surface area contributed by atoms with Gasteiger partial charge in [0.1, 0.15) is 0 Å². The summed E-state index contributed by atoms with van der Waals surface area (Å²) in [5, 5.41) is 10.1. The van der Waals surface area contributed by atoms with Crippen molar-refractivity contribution in [2.24, 2.45) is 0 Å². The van der Waals surface area contributed by atoms with E-state index in [-0.39, 0.29) is 0 Å². The largest absolute Gasteiger partial charge is 0.310 e. The summed E-state index contributed by atoms with van der Waals surface area (Å²) in [5.74, 6) is 0. The summed E-state index contributed by atoms with van der Waals surface area (Å²) < 4.78 is 2.37. The fourth-order valence-corrected chi connectivity index (χ4v) is 8.72. The Kier molecular flexibility index (Phi) is 7.53. The average molecular weight is 713 g/mol. The molecule has 0 aliphatic rings. The first-order valence-corrected chi connectivity index (χ1v) is 19.3. The maximum absolute atomic E-state index is 2.40. The lowest BCUT2D eigenvalue weighted by Gasteiger charge is -2.28. The van der Waals surface area contributed by atoms with Crippen molar-refractivity contribution in [3.05, 3.63) is 218 Å². The van der Waals surface area contributed by atoms with Gasteiger partial charge in [0.2, 0.25) is 0 Å². The molecular formula is C54H36N2. The highest BCUT2D eigenvalue weighted by atomic mass is 15.1. The van der Waals surface area contributed by atoms with Crippen molar-refractivity contribution in [3.63, 3.8) is 0 Å². The summed E-state index contributed by atoms with van der Waals surface area (Å²) >= 11 is 0. The van der Waals surface area contributed by atoms with Crippen LogP contribution in [0.15, 0.2) is 218 Å². The monoisotopic (exact) mass is 712 g/mol. The predicted octanol–water partition coefficient (Wildman–Crippen LogP) is 15.0. The summed E-state index contributed by atoms with van der Waals surface area (Å²) in [6, 6.07) is 79.4. The highest BCUT2D eigenvalue weighted by Crippen LogP contribution is 2.43. The molecule has 2 heteroatoms. The molecule has 0 radical (unpaired) electrons. The van der Waals surface area contributed by atoms with E-state index in [0.717, 1.165) is 22.7 Å². The lowest BCUT2D eigenvalue weighted by atomic mass is 9.96. The predicted molar refractivity (Wildman–Crippen MR) is 239 cm³/mol. The minimum absolute atomic E-state index is 1.10. The van der Waals surface area contributed by atoms with Crippen LogP contribution >= 0.6 is 0 Å². The SMILES string of the molecule is c1ccc(-c2ccccc2N(c2ccc(-c3ccc(-n4c5ccccc5c5ccccc54)cc3)cc2)c2ccc3c(ccc4c5ccccc5ccc34)c2)cc1. The quantitative estimate of drug-likeness (QED) is 0.156. The van der Waals surface area contributed by atoms with Crippen molar-refractivity contribution in [1.82, 2.24) is 4.57 Å². The molecule has 10 aromatic carbocycles. The fraction of sp³-hybridized carbons (Fsp3) is 0. The van der Waals surface area contributed by atoms with E-state index in [4.69, 9.17) is 0 Å². The minimum Gasteiger partial charge on any atom is -0.310 e. The Morgan fingerprint density at radius 1 is 0.304 bits per heavy atom. The molecule has 56 heavy (non-hydrogen) atoms. The number of nitrogens with zero attached hydrogens (tertiary/aromatic N) is 2. The minimum atomic E-state index is 1.10. The van der Waals surface area contributed by atoms with E-state index >= 15 is 0 Å². The number of para-hydroxylation sites is 3. The van der Waals surface area contributed by atoms with E-state index < -0.39 is 0 Å². The van der Waals surface area contributed by atoms with Crippen LogP contribution < -0.4 is 4.90 Å². The number of anilines is 3. The van der Waals surface area contributed by atoms with Gasteiger partial charge in [-0.2, -0.15) is 0 Å². The van der Waals surface area contributed by atoms with Crippen LogP contribution in [0.25, 0.3) is 82.1 Å². The second-order valence-electron chi connectivity index (χ2n) is 14.5. The Morgan fingerprint density at radius 3 is 1.54 bits per heavy atom. The van der Waals surface area contributed by atoms with Crippen LogP contribution in [-0.4, -0.2) is 4.57 Å². The Labute approximate surface area is 325 Å². The van der Waals surface area contributed by atoms with Crippen LogP contribution in [-0.2, 0) is 0 Å². The molecule has 0 bridgehead atoms. The first-order valence-electron chi connectivity index (χ1n) is 19.3. The van der Waals surface area contributed by atoms with Crippen molar-refractivity contribution >= 4 is 71.2 Å². The van der Waals surface area contributed by atoms with Gasteiger partial charge in [-0.15, -0.1) is 0 Å². The summed E-state index contributed by atoms with van der Waals surface area (Å²) in [4.78, 5) is 2.40. The van der Waals surface area contributed by atoms with Crippen molar-refractivity contribution in [2.45, 2.75) is 0 Å². The molecule has 0 aliphatic carbocycles.